The summed E-state index contributed by atoms with van der Waals surface area (Å²) in [5, 5.41) is 2.77. The number of anilines is 1. The predicted octanol–water partition coefficient (Wildman–Crippen LogP) is 3.50. The molecule has 1 aliphatic heterocycles. The van der Waals surface area contributed by atoms with Gasteiger partial charge >= 0.3 is 6.18 Å². The Hall–Kier alpha value is -1.80. The van der Waals surface area contributed by atoms with E-state index in [4.69, 9.17) is 5.73 Å². The van der Waals surface area contributed by atoms with Gasteiger partial charge in [-0.25, -0.2) is 0 Å². The first-order chi connectivity index (χ1) is 12.2. The average Bonchev–Trinajstić information content (AvgIpc) is 3.04. The Morgan fingerprint density at radius 1 is 1.22 bits per heavy atom. The Morgan fingerprint density at radius 3 is 2.30 bits per heavy atom. The van der Waals surface area contributed by atoms with E-state index in [1.54, 1.807) is 0 Å². The third kappa shape index (κ3) is 5.13. The number of hydrogen-bond donors (Lipinski definition) is 2. The molecule has 5 nitrogen and oxygen atoms in total. The molecule has 9 heteroatoms. The van der Waals surface area contributed by atoms with Crippen LogP contribution in [0, 0.1) is 0 Å². The Kier molecular flexibility index (Phi) is 7.68. The van der Waals surface area contributed by atoms with E-state index in [-0.39, 0.29) is 36.1 Å². The highest BCUT2D eigenvalue weighted by molar-refractivity contribution is 5.99. The van der Waals surface area contributed by atoms with E-state index in [2.05, 4.69) is 5.32 Å². The maximum atomic E-state index is 13.3. The first-order valence-electron chi connectivity index (χ1n) is 8.71. The van der Waals surface area contributed by atoms with Crippen LogP contribution in [0.5, 0.6) is 0 Å². The van der Waals surface area contributed by atoms with E-state index in [1.807, 2.05) is 13.8 Å². The zero-order valence-electron chi connectivity index (χ0n) is 15.4. The molecule has 152 valence electrons. The van der Waals surface area contributed by atoms with Crippen LogP contribution in [-0.4, -0.2) is 30.4 Å². The maximum absolute atomic E-state index is 13.3. The summed E-state index contributed by atoms with van der Waals surface area (Å²) in [6.45, 7) is 4.24. The van der Waals surface area contributed by atoms with Crippen LogP contribution in [0.3, 0.4) is 0 Å². The SMILES string of the molecule is CCC(CC)(CN)NC(=O)c1cc(N2CCCC2=O)cc(C(F)(F)F)c1.Cl. The highest BCUT2D eigenvalue weighted by atomic mass is 35.5. The Morgan fingerprint density at radius 2 is 1.85 bits per heavy atom. The summed E-state index contributed by atoms with van der Waals surface area (Å²) >= 11 is 0. The van der Waals surface area contributed by atoms with Gasteiger partial charge in [-0.1, -0.05) is 13.8 Å². The molecule has 1 heterocycles. The molecular weight excluding hydrogens is 383 g/mol. The number of halogens is 4. The van der Waals surface area contributed by atoms with Gasteiger partial charge < -0.3 is 16.0 Å². The minimum Gasteiger partial charge on any atom is -0.345 e. The van der Waals surface area contributed by atoms with E-state index < -0.39 is 23.2 Å². The molecule has 1 saturated heterocycles. The van der Waals surface area contributed by atoms with Gasteiger partial charge in [0.2, 0.25) is 5.91 Å². The number of hydrogen-bond acceptors (Lipinski definition) is 3. The van der Waals surface area contributed by atoms with E-state index in [1.165, 1.54) is 11.0 Å². The molecule has 3 N–H and O–H groups in total. The molecule has 0 unspecified atom stereocenters. The lowest BCUT2D eigenvalue weighted by Crippen LogP contribution is -2.52. The van der Waals surface area contributed by atoms with Gasteiger partial charge in [-0.3, -0.25) is 9.59 Å². The Balaban J connectivity index is 0.00000364. The minimum atomic E-state index is -4.62. The topological polar surface area (TPSA) is 75.4 Å². The molecule has 1 aliphatic rings. The minimum absolute atomic E-state index is 0. The van der Waals surface area contributed by atoms with Gasteiger partial charge in [0.1, 0.15) is 0 Å². The summed E-state index contributed by atoms with van der Waals surface area (Å²) in [7, 11) is 0. The van der Waals surface area contributed by atoms with Crippen molar-refractivity contribution in [2.24, 2.45) is 5.73 Å². The standard InChI is InChI=1S/C18H24F3N3O2.ClH/c1-3-17(4-2,11-22)23-16(26)12-8-13(18(19,20)21)10-14(9-12)24-7-5-6-15(24)25;/h8-10H,3-7,11,22H2,1-2H3,(H,23,26);1H. The average molecular weight is 408 g/mol. The monoisotopic (exact) mass is 407 g/mol. The van der Waals surface area contributed by atoms with Gasteiger partial charge in [-0.05, 0) is 37.5 Å². The van der Waals surface area contributed by atoms with Crippen molar-refractivity contribution >= 4 is 29.9 Å². The lowest BCUT2D eigenvalue weighted by atomic mass is 9.92. The molecule has 2 rings (SSSR count). The molecule has 0 atom stereocenters. The number of nitrogens with two attached hydrogens (primary N) is 1. The quantitative estimate of drug-likeness (QED) is 0.757. The lowest BCUT2D eigenvalue weighted by molar-refractivity contribution is -0.137. The molecule has 0 aliphatic carbocycles. The maximum Gasteiger partial charge on any atom is 0.416 e. The number of nitrogens with one attached hydrogen (secondary N) is 1. The highest BCUT2D eigenvalue weighted by Gasteiger charge is 2.34. The molecule has 1 aromatic carbocycles. The van der Waals surface area contributed by atoms with Crippen molar-refractivity contribution in [3.63, 3.8) is 0 Å². The summed E-state index contributed by atoms with van der Waals surface area (Å²) in [5.74, 6) is -0.868. The van der Waals surface area contributed by atoms with Gasteiger partial charge in [0.05, 0.1) is 11.1 Å². The number of carbonyl (C=O) groups is 2. The van der Waals surface area contributed by atoms with Crippen LogP contribution < -0.4 is 16.0 Å². The zero-order valence-corrected chi connectivity index (χ0v) is 16.2. The zero-order chi connectivity index (χ0) is 19.5. The summed E-state index contributed by atoms with van der Waals surface area (Å²) in [4.78, 5) is 25.8. The number of rotatable bonds is 6. The van der Waals surface area contributed by atoms with E-state index in [0.29, 0.717) is 32.2 Å². The molecular formula is C18H25ClF3N3O2. The van der Waals surface area contributed by atoms with Crippen molar-refractivity contribution in [3.8, 4) is 0 Å². The van der Waals surface area contributed by atoms with E-state index in [0.717, 1.165) is 12.1 Å². The van der Waals surface area contributed by atoms with Crippen molar-refractivity contribution < 1.29 is 22.8 Å². The summed E-state index contributed by atoms with van der Waals surface area (Å²) < 4.78 is 39.8. The fourth-order valence-corrected chi connectivity index (χ4v) is 3.06. The first-order valence-corrected chi connectivity index (χ1v) is 8.71. The molecule has 27 heavy (non-hydrogen) atoms. The molecule has 1 fully saturated rings. The van der Waals surface area contributed by atoms with Crippen LogP contribution in [-0.2, 0) is 11.0 Å². The molecule has 0 aromatic heterocycles. The molecule has 0 saturated carbocycles. The molecule has 2 amide bonds. The van der Waals surface area contributed by atoms with Crippen molar-refractivity contribution in [1.82, 2.24) is 5.32 Å². The van der Waals surface area contributed by atoms with Crippen molar-refractivity contribution in [2.45, 2.75) is 51.2 Å². The molecule has 0 bridgehead atoms. The lowest BCUT2D eigenvalue weighted by Gasteiger charge is -2.31. The van der Waals surface area contributed by atoms with Crippen LogP contribution in [0.25, 0.3) is 0 Å². The number of alkyl halides is 3. The van der Waals surface area contributed by atoms with E-state index in [9.17, 15) is 22.8 Å². The second-order valence-electron chi connectivity index (χ2n) is 6.56. The molecule has 0 radical (unpaired) electrons. The predicted molar refractivity (Wildman–Crippen MR) is 100 cm³/mol. The fraction of sp³-hybridized carbons (Fsp3) is 0.556. The largest absolute Gasteiger partial charge is 0.416 e. The third-order valence-corrected chi connectivity index (χ3v) is 5.02. The van der Waals surface area contributed by atoms with Gasteiger partial charge in [-0.2, -0.15) is 13.2 Å². The first kappa shape index (κ1) is 23.2. The van der Waals surface area contributed by atoms with Crippen molar-refractivity contribution in [3.05, 3.63) is 29.3 Å². The molecule has 1 aromatic rings. The third-order valence-electron chi connectivity index (χ3n) is 5.02. The van der Waals surface area contributed by atoms with Gasteiger partial charge in [0.15, 0.2) is 0 Å². The molecule has 0 spiro atoms. The Labute approximate surface area is 162 Å². The summed E-state index contributed by atoms with van der Waals surface area (Å²) in [6.07, 6.45) is -2.63. The van der Waals surface area contributed by atoms with Gasteiger partial charge in [-0.15, -0.1) is 12.4 Å². The summed E-state index contributed by atoms with van der Waals surface area (Å²) in [5.41, 5.74) is 4.10. The summed E-state index contributed by atoms with van der Waals surface area (Å²) in [6, 6.07) is 3.06. The van der Waals surface area contributed by atoms with Crippen LogP contribution in [0.1, 0.15) is 55.5 Å². The van der Waals surface area contributed by atoms with Gasteiger partial charge in [0, 0.05) is 30.8 Å². The van der Waals surface area contributed by atoms with Crippen LogP contribution in [0.15, 0.2) is 18.2 Å². The number of benzene rings is 1. The normalized spacial score (nSPS) is 14.9. The van der Waals surface area contributed by atoms with Crippen LogP contribution in [0.2, 0.25) is 0 Å². The Bertz CT molecular complexity index is 683. The number of carbonyl (C=O) groups excluding carboxylic acids is 2. The highest BCUT2D eigenvalue weighted by Crippen LogP contribution is 2.34. The second kappa shape index (κ2) is 8.93. The van der Waals surface area contributed by atoms with E-state index >= 15 is 0 Å². The van der Waals surface area contributed by atoms with Crippen molar-refractivity contribution in [2.75, 3.05) is 18.0 Å². The second-order valence-corrected chi connectivity index (χ2v) is 6.56. The smallest absolute Gasteiger partial charge is 0.345 e. The number of amides is 2. The van der Waals surface area contributed by atoms with Crippen molar-refractivity contribution in [1.29, 1.82) is 0 Å². The fourth-order valence-electron chi connectivity index (χ4n) is 3.06. The van der Waals surface area contributed by atoms with Crippen LogP contribution >= 0.6 is 12.4 Å². The van der Waals surface area contributed by atoms with Gasteiger partial charge in [0.25, 0.3) is 5.91 Å². The van der Waals surface area contributed by atoms with Crippen LogP contribution in [0.4, 0.5) is 18.9 Å². The number of nitrogens with zero attached hydrogens (tertiary/aromatic N) is 1.